The van der Waals surface area contributed by atoms with E-state index in [4.69, 9.17) is 4.74 Å². The van der Waals surface area contributed by atoms with Crippen LogP contribution in [0.1, 0.15) is 23.6 Å². The molecular weight excluding hydrogens is 273 g/mol. The Hall–Kier alpha value is -2.24. The van der Waals surface area contributed by atoms with Crippen LogP contribution in [0.15, 0.2) is 24.3 Å². The molecule has 21 heavy (non-hydrogen) atoms. The van der Waals surface area contributed by atoms with Crippen molar-refractivity contribution in [1.29, 1.82) is 0 Å². The summed E-state index contributed by atoms with van der Waals surface area (Å²) in [6, 6.07) is 6.62. The first-order valence-electron chi connectivity index (χ1n) is 6.91. The summed E-state index contributed by atoms with van der Waals surface area (Å²) < 4.78 is 20.5. The fourth-order valence-electron chi connectivity index (χ4n) is 2.69. The molecule has 1 atom stereocenters. The Labute approximate surface area is 121 Å². The molecule has 0 N–H and O–H groups in total. The third kappa shape index (κ3) is 2.66. The van der Waals surface area contributed by atoms with Crippen LogP contribution < -0.4 is 0 Å². The Morgan fingerprint density at radius 2 is 2.24 bits per heavy atom. The molecule has 5 nitrogen and oxygen atoms in total. The van der Waals surface area contributed by atoms with E-state index in [2.05, 4.69) is 10.2 Å². The van der Waals surface area contributed by atoms with Crippen molar-refractivity contribution in [1.82, 2.24) is 14.8 Å². The van der Waals surface area contributed by atoms with Gasteiger partial charge in [0, 0.05) is 19.4 Å². The average Bonchev–Trinajstić information content (AvgIpc) is 2.91. The molecule has 6 heteroatoms. The maximum Gasteiger partial charge on any atom is 0.310 e. The van der Waals surface area contributed by atoms with Gasteiger partial charge in [-0.05, 0) is 18.1 Å². The average molecular weight is 289 g/mol. The molecule has 1 aliphatic rings. The second-order valence-electron chi connectivity index (χ2n) is 5.17. The van der Waals surface area contributed by atoms with Gasteiger partial charge in [0.2, 0.25) is 0 Å². The zero-order valence-corrected chi connectivity index (χ0v) is 11.8. The number of carbonyl (C=O) groups excluding carboxylic acids is 1. The van der Waals surface area contributed by atoms with Crippen molar-refractivity contribution >= 4 is 5.97 Å². The van der Waals surface area contributed by atoms with Crippen LogP contribution in [0.4, 0.5) is 4.39 Å². The van der Waals surface area contributed by atoms with Crippen molar-refractivity contribution < 1.29 is 13.9 Å². The van der Waals surface area contributed by atoms with Crippen LogP contribution in [0, 0.1) is 11.7 Å². The molecule has 1 unspecified atom stereocenters. The Bertz CT molecular complexity index is 669. The van der Waals surface area contributed by atoms with Crippen LogP contribution >= 0.6 is 0 Å². The van der Waals surface area contributed by atoms with Gasteiger partial charge in [0.15, 0.2) is 0 Å². The topological polar surface area (TPSA) is 57.0 Å². The number of rotatable bonds is 3. The highest BCUT2D eigenvalue weighted by Crippen LogP contribution is 2.22. The second-order valence-corrected chi connectivity index (χ2v) is 5.17. The largest absolute Gasteiger partial charge is 0.469 e. The summed E-state index contributed by atoms with van der Waals surface area (Å²) in [6.45, 7) is 0.499. The van der Waals surface area contributed by atoms with E-state index >= 15 is 0 Å². The first-order chi connectivity index (χ1) is 10.2. The van der Waals surface area contributed by atoms with Crippen LogP contribution in [-0.4, -0.2) is 27.8 Å². The molecule has 0 aliphatic carbocycles. The minimum Gasteiger partial charge on any atom is -0.469 e. The molecule has 1 aromatic heterocycles. The molecule has 0 fully saturated rings. The molecule has 0 saturated heterocycles. The van der Waals surface area contributed by atoms with Gasteiger partial charge in [0.25, 0.3) is 0 Å². The van der Waals surface area contributed by atoms with Crippen molar-refractivity contribution in [2.45, 2.75) is 25.8 Å². The van der Waals surface area contributed by atoms with Gasteiger partial charge in [0.05, 0.1) is 13.0 Å². The zero-order valence-electron chi connectivity index (χ0n) is 11.8. The Kier molecular flexibility index (Phi) is 3.68. The maximum absolute atomic E-state index is 13.7. The fourth-order valence-corrected chi connectivity index (χ4v) is 2.69. The molecule has 0 bridgehead atoms. The van der Waals surface area contributed by atoms with Gasteiger partial charge < -0.3 is 9.30 Å². The molecule has 0 spiro atoms. The predicted octanol–water partition coefficient (Wildman–Crippen LogP) is 1.74. The molecule has 0 radical (unpaired) electrons. The number of benzene rings is 1. The van der Waals surface area contributed by atoms with Crippen LogP contribution in [0.2, 0.25) is 0 Å². The summed E-state index contributed by atoms with van der Waals surface area (Å²) >= 11 is 0. The third-order valence-electron chi connectivity index (χ3n) is 3.86. The first kappa shape index (κ1) is 13.7. The minimum atomic E-state index is -0.254. The van der Waals surface area contributed by atoms with Crippen LogP contribution in [-0.2, 0) is 28.9 Å². The van der Waals surface area contributed by atoms with Gasteiger partial charge >= 0.3 is 5.97 Å². The van der Waals surface area contributed by atoms with Gasteiger partial charge in [-0.15, -0.1) is 10.2 Å². The number of esters is 1. The van der Waals surface area contributed by atoms with Gasteiger partial charge in [-0.1, -0.05) is 18.2 Å². The van der Waals surface area contributed by atoms with E-state index in [0.29, 0.717) is 37.2 Å². The number of halogens is 1. The standard InChI is InChI=1S/C15H16FN3O2/c1-21-15(20)11-6-7-13-17-18-14(19(13)9-11)8-10-4-2-3-5-12(10)16/h2-5,11H,6-9H2,1H3. The molecule has 2 heterocycles. The fraction of sp³-hybridized carbons (Fsp3) is 0.400. The molecule has 0 saturated carbocycles. The van der Waals surface area contributed by atoms with Gasteiger partial charge in [-0.2, -0.15) is 0 Å². The lowest BCUT2D eigenvalue weighted by Gasteiger charge is -2.22. The van der Waals surface area contributed by atoms with Crippen LogP contribution in [0.25, 0.3) is 0 Å². The quantitative estimate of drug-likeness (QED) is 0.808. The summed E-state index contributed by atoms with van der Waals surface area (Å²) in [7, 11) is 1.39. The van der Waals surface area contributed by atoms with E-state index in [-0.39, 0.29) is 17.7 Å². The molecule has 1 aromatic carbocycles. The molecule has 0 amide bonds. The number of aromatic nitrogens is 3. The SMILES string of the molecule is COC(=O)C1CCc2nnc(Cc3ccccc3F)n2C1. The third-order valence-corrected chi connectivity index (χ3v) is 3.86. The second kappa shape index (κ2) is 5.63. The van der Waals surface area contributed by atoms with E-state index in [1.54, 1.807) is 18.2 Å². The smallest absolute Gasteiger partial charge is 0.310 e. The summed E-state index contributed by atoms with van der Waals surface area (Å²) in [5, 5.41) is 8.29. The van der Waals surface area contributed by atoms with Crippen LogP contribution in [0.5, 0.6) is 0 Å². The number of hydrogen-bond acceptors (Lipinski definition) is 4. The lowest BCUT2D eigenvalue weighted by molar-refractivity contribution is -0.146. The van der Waals surface area contributed by atoms with Gasteiger partial charge in [-0.25, -0.2) is 4.39 Å². The highest BCUT2D eigenvalue weighted by atomic mass is 19.1. The van der Waals surface area contributed by atoms with E-state index in [1.165, 1.54) is 13.2 Å². The number of methoxy groups -OCH3 is 1. The highest BCUT2D eigenvalue weighted by molar-refractivity contribution is 5.72. The van der Waals surface area contributed by atoms with Crippen molar-refractivity contribution in [3.8, 4) is 0 Å². The Morgan fingerprint density at radius 1 is 1.43 bits per heavy atom. The van der Waals surface area contributed by atoms with Gasteiger partial charge in [-0.3, -0.25) is 4.79 Å². The van der Waals surface area contributed by atoms with E-state index in [0.717, 1.165) is 5.82 Å². The van der Waals surface area contributed by atoms with Crippen molar-refractivity contribution in [2.24, 2.45) is 5.92 Å². The molecule has 2 aromatic rings. The van der Waals surface area contributed by atoms with Crippen molar-refractivity contribution in [3.63, 3.8) is 0 Å². The monoisotopic (exact) mass is 289 g/mol. The molecular formula is C15H16FN3O2. The van der Waals surface area contributed by atoms with E-state index in [9.17, 15) is 9.18 Å². The first-order valence-corrected chi connectivity index (χ1v) is 6.91. The highest BCUT2D eigenvalue weighted by Gasteiger charge is 2.28. The summed E-state index contributed by atoms with van der Waals surface area (Å²) in [5.74, 6) is 0.879. The number of carbonyl (C=O) groups is 1. The molecule has 110 valence electrons. The number of ether oxygens (including phenoxy) is 1. The normalized spacial score (nSPS) is 17.3. The van der Waals surface area contributed by atoms with Gasteiger partial charge in [0.1, 0.15) is 17.5 Å². The van der Waals surface area contributed by atoms with E-state index in [1.807, 2.05) is 4.57 Å². The number of hydrogen-bond donors (Lipinski definition) is 0. The maximum atomic E-state index is 13.7. The zero-order chi connectivity index (χ0) is 14.8. The van der Waals surface area contributed by atoms with Crippen molar-refractivity contribution in [3.05, 3.63) is 47.3 Å². The predicted molar refractivity (Wildman–Crippen MR) is 73.1 cm³/mol. The summed E-state index contributed by atoms with van der Waals surface area (Å²) in [4.78, 5) is 11.7. The number of nitrogens with zero attached hydrogens (tertiary/aromatic N) is 3. The molecule has 3 rings (SSSR count). The Balaban J connectivity index is 1.85. The van der Waals surface area contributed by atoms with Crippen LogP contribution in [0.3, 0.4) is 0 Å². The lowest BCUT2D eigenvalue weighted by Crippen LogP contribution is -2.28. The summed E-state index contributed by atoms with van der Waals surface area (Å²) in [6.07, 6.45) is 1.77. The molecule has 1 aliphatic heterocycles. The van der Waals surface area contributed by atoms with E-state index < -0.39 is 0 Å². The lowest BCUT2D eigenvalue weighted by atomic mass is 9.99. The Morgan fingerprint density at radius 3 is 3.00 bits per heavy atom. The summed E-state index contributed by atoms with van der Waals surface area (Å²) in [5.41, 5.74) is 0.577. The minimum absolute atomic E-state index is 0.183. The number of fused-ring (bicyclic) bond motifs is 1. The number of aryl methyl sites for hydroxylation is 1. The van der Waals surface area contributed by atoms with Crippen molar-refractivity contribution in [2.75, 3.05) is 7.11 Å².